The second kappa shape index (κ2) is 6.16. The highest BCUT2D eigenvalue weighted by atomic mass is 16.4. The molecule has 0 aliphatic heterocycles. The van der Waals surface area contributed by atoms with Gasteiger partial charge in [-0.15, -0.1) is 0 Å². The summed E-state index contributed by atoms with van der Waals surface area (Å²) in [6.45, 7) is 1.87. The molecule has 0 bridgehead atoms. The van der Waals surface area contributed by atoms with Crippen LogP contribution < -0.4 is 10.6 Å². The summed E-state index contributed by atoms with van der Waals surface area (Å²) in [4.78, 5) is 13.5. The van der Waals surface area contributed by atoms with E-state index in [1.54, 1.807) is 6.07 Å². The third-order valence-corrected chi connectivity index (χ3v) is 4.38. The Balaban J connectivity index is 2.29. The van der Waals surface area contributed by atoms with Crippen LogP contribution in [0.2, 0.25) is 0 Å². The summed E-state index contributed by atoms with van der Waals surface area (Å²) in [6.07, 6.45) is 7.51. The van der Waals surface area contributed by atoms with E-state index >= 15 is 0 Å². The van der Waals surface area contributed by atoms with Crippen molar-refractivity contribution in [2.24, 2.45) is 0 Å². The smallest absolute Gasteiger partial charge is 0.337 e. The molecule has 0 aromatic heterocycles. The predicted octanol–water partition coefficient (Wildman–Crippen LogP) is 3.43. The van der Waals surface area contributed by atoms with Gasteiger partial charge in [-0.2, -0.15) is 0 Å². The second-order valence-corrected chi connectivity index (χ2v) is 5.79. The number of carboxylic acid groups (broad SMARTS) is 1. The number of anilines is 2. The quantitative estimate of drug-likeness (QED) is 0.655. The topological polar surface area (TPSA) is 66.6 Å². The first kappa shape index (κ1) is 14.7. The Kier molecular flexibility index (Phi) is 4.53. The number of carboxylic acids is 1. The number of aryl methyl sites for hydroxylation is 1. The first-order chi connectivity index (χ1) is 9.50. The first-order valence-electron chi connectivity index (χ1n) is 7.37. The van der Waals surface area contributed by atoms with Crippen molar-refractivity contribution < 1.29 is 9.90 Å². The van der Waals surface area contributed by atoms with Crippen molar-refractivity contribution in [3.05, 3.63) is 23.3 Å². The average Bonchev–Trinajstić information content (AvgIpc) is 2.69. The van der Waals surface area contributed by atoms with Crippen LogP contribution in [0.25, 0.3) is 0 Å². The van der Waals surface area contributed by atoms with Crippen LogP contribution in [0.15, 0.2) is 12.1 Å². The summed E-state index contributed by atoms with van der Waals surface area (Å²) < 4.78 is 0. The molecule has 20 heavy (non-hydrogen) atoms. The van der Waals surface area contributed by atoms with E-state index in [4.69, 9.17) is 5.73 Å². The third kappa shape index (κ3) is 3.06. The minimum atomic E-state index is -0.957. The van der Waals surface area contributed by atoms with Crippen LogP contribution in [0.4, 0.5) is 11.4 Å². The Morgan fingerprint density at radius 3 is 2.40 bits per heavy atom. The van der Waals surface area contributed by atoms with Gasteiger partial charge in [0.1, 0.15) is 0 Å². The number of aromatic carboxylic acids is 1. The van der Waals surface area contributed by atoms with Crippen molar-refractivity contribution in [1.29, 1.82) is 0 Å². The molecule has 0 atom stereocenters. The largest absolute Gasteiger partial charge is 0.478 e. The Hall–Kier alpha value is -1.71. The molecule has 0 amide bonds. The molecule has 4 nitrogen and oxygen atoms in total. The molecule has 1 aromatic rings. The third-order valence-electron chi connectivity index (χ3n) is 4.38. The van der Waals surface area contributed by atoms with Crippen LogP contribution >= 0.6 is 0 Å². The summed E-state index contributed by atoms with van der Waals surface area (Å²) in [5, 5.41) is 9.25. The number of benzene rings is 1. The molecule has 4 heteroatoms. The molecule has 1 aliphatic carbocycles. The SMILES string of the molecule is Cc1cc(N(C)C2CCCCCC2)cc(C(=O)O)c1N. The molecule has 1 aromatic carbocycles. The van der Waals surface area contributed by atoms with E-state index in [-0.39, 0.29) is 5.56 Å². The molecule has 0 unspecified atom stereocenters. The van der Waals surface area contributed by atoms with Crippen LogP contribution in [0.5, 0.6) is 0 Å². The van der Waals surface area contributed by atoms with E-state index in [1.165, 1.54) is 38.5 Å². The fraction of sp³-hybridized carbons (Fsp3) is 0.562. The Labute approximate surface area is 120 Å². The minimum Gasteiger partial charge on any atom is -0.478 e. The lowest BCUT2D eigenvalue weighted by Crippen LogP contribution is -2.31. The predicted molar refractivity (Wildman–Crippen MR) is 82.4 cm³/mol. The monoisotopic (exact) mass is 276 g/mol. The van der Waals surface area contributed by atoms with E-state index < -0.39 is 5.97 Å². The second-order valence-electron chi connectivity index (χ2n) is 5.79. The number of hydrogen-bond acceptors (Lipinski definition) is 3. The zero-order chi connectivity index (χ0) is 14.7. The van der Waals surface area contributed by atoms with E-state index in [2.05, 4.69) is 11.9 Å². The Morgan fingerprint density at radius 1 is 1.25 bits per heavy atom. The summed E-state index contributed by atoms with van der Waals surface area (Å²) >= 11 is 0. The number of nitrogens with two attached hydrogens (primary N) is 1. The molecule has 110 valence electrons. The zero-order valence-corrected chi connectivity index (χ0v) is 12.4. The number of carbonyl (C=O) groups is 1. The first-order valence-corrected chi connectivity index (χ1v) is 7.37. The van der Waals surface area contributed by atoms with Crippen molar-refractivity contribution in [1.82, 2.24) is 0 Å². The van der Waals surface area contributed by atoms with Crippen LogP contribution in [0.3, 0.4) is 0 Å². The molecular formula is C16H24N2O2. The van der Waals surface area contributed by atoms with E-state index in [0.717, 1.165) is 11.3 Å². The molecular weight excluding hydrogens is 252 g/mol. The van der Waals surface area contributed by atoms with Crippen molar-refractivity contribution in [2.75, 3.05) is 17.7 Å². The lowest BCUT2D eigenvalue weighted by atomic mass is 10.0. The highest BCUT2D eigenvalue weighted by Gasteiger charge is 2.20. The average molecular weight is 276 g/mol. The number of hydrogen-bond donors (Lipinski definition) is 2. The lowest BCUT2D eigenvalue weighted by molar-refractivity contribution is 0.0698. The van der Waals surface area contributed by atoms with E-state index in [9.17, 15) is 9.90 Å². The lowest BCUT2D eigenvalue weighted by Gasteiger charge is -2.30. The van der Waals surface area contributed by atoms with Gasteiger partial charge in [-0.05, 0) is 37.5 Å². The van der Waals surface area contributed by atoms with E-state index in [1.807, 2.05) is 13.0 Å². The van der Waals surface area contributed by atoms with Crippen LogP contribution in [0.1, 0.15) is 54.4 Å². The van der Waals surface area contributed by atoms with Crippen LogP contribution in [-0.4, -0.2) is 24.2 Å². The van der Waals surface area contributed by atoms with Gasteiger partial charge in [0.15, 0.2) is 0 Å². The van der Waals surface area contributed by atoms with Crippen molar-refractivity contribution in [3.8, 4) is 0 Å². The molecule has 0 heterocycles. The van der Waals surface area contributed by atoms with Gasteiger partial charge in [-0.3, -0.25) is 0 Å². The highest BCUT2D eigenvalue weighted by molar-refractivity contribution is 5.95. The standard InChI is InChI=1S/C16H24N2O2/c1-11-9-13(10-14(15(11)17)16(19)20)18(2)12-7-5-3-4-6-8-12/h9-10,12H,3-8,17H2,1-2H3,(H,19,20). The summed E-state index contributed by atoms with van der Waals surface area (Å²) in [7, 11) is 2.06. The fourth-order valence-electron chi connectivity index (χ4n) is 3.02. The van der Waals surface area contributed by atoms with Crippen LogP contribution in [-0.2, 0) is 0 Å². The van der Waals surface area contributed by atoms with Crippen molar-refractivity contribution >= 4 is 17.3 Å². The van der Waals surface area contributed by atoms with E-state index in [0.29, 0.717) is 11.7 Å². The van der Waals surface area contributed by atoms with Gasteiger partial charge in [0.2, 0.25) is 0 Å². The van der Waals surface area contributed by atoms with Crippen molar-refractivity contribution in [2.45, 2.75) is 51.5 Å². The van der Waals surface area contributed by atoms with Gasteiger partial charge in [0, 0.05) is 24.5 Å². The van der Waals surface area contributed by atoms with Gasteiger partial charge in [0.05, 0.1) is 5.56 Å². The summed E-state index contributed by atoms with van der Waals surface area (Å²) in [5.74, 6) is -0.957. The highest BCUT2D eigenvalue weighted by Crippen LogP contribution is 2.29. The van der Waals surface area contributed by atoms with Gasteiger partial charge >= 0.3 is 5.97 Å². The fourth-order valence-corrected chi connectivity index (χ4v) is 3.02. The maximum atomic E-state index is 11.3. The Morgan fingerprint density at radius 2 is 1.85 bits per heavy atom. The summed E-state index contributed by atoms with van der Waals surface area (Å²) in [5.41, 5.74) is 8.23. The molecule has 1 saturated carbocycles. The maximum Gasteiger partial charge on any atom is 0.337 e. The van der Waals surface area contributed by atoms with Gasteiger partial charge < -0.3 is 15.7 Å². The van der Waals surface area contributed by atoms with Gasteiger partial charge in [-0.25, -0.2) is 4.79 Å². The molecule has 1 fully saturated rings. The number of nitrogen functional groups attached to an aromatic ring is 1. The van der Waals surface area contributed by atoms with Crippen LogP contribution in [0, 0.1) is 6.92 Å². The molecule has 2 rings (SSSR count). The number of nitrogens with zero attached hydrogens (tertiary/aromatic N) is 1. The minimum absolute atomic E-state index is 0.209. The molecule has 1 aliphatic rings. The number of rotatable bonds is 3. The van der Waals surface area contributed by atoms with Gasteiger partial charge in [-0.1, -0.05) is 25.7 Å². The zero-order valence-electron chi connectivity index (χ0n) is 12.4. The normalized spacial score (nSPS) is 16.7. The molecule has 0 saturated heterocycles. The summed E-state index contributed by atoms with van der Waals surface area (Å²) in [6, 6.07) is 4.20. The molecule has 0 radical (unpaired) electrons. The van der Waals surface area contributed by atoms with Crippen molar-refractivity contribution in [3.63, 3.8) is 0 Å². The van der Waals surface area contributed by atoms with Gasteiger partial charge in [0.25, 0.3) is 0 Å². The molecule has 0 spiro atoms. The molecule has 3 N–H and O–H groups in total. The Bertz CT molecular complexity index is 491. The maximum absolute atomic E-state index is 11.3.